The van der Waals surface area contributed by atoms with Gasteiger partial charge in [-0.3, -0.25) is 0 Å². The lowest BCUT2D eigenvalue weighted by atomic mass is 10.1. The zero-order chi connectivity index (χ0) is 14.3. The van der Waals surface area contributed by atoms with Gasteiger partial charge in [0.2, 0.25) is 0 Å². The number of carboxylic acids is 1. The molecule has 1 aromatic rings. The Kier molecular flexibility index (Phi) is 6.09. The summed E-state index contributed by atoms with van der Waals surface area (Å²) in [6.07, 6.45) is 2.98. The fraction of sp³-hybridized carbons (Fsp3) is 0.400. The van der Waals surface area contributed by atoms with Crippen molar-refractivity contribution in [2.75, 3.05) is 25.1 Å². The monoisotopic (exact) mass is 263 g/mol. The van der Waals surface area contributed by atoms with Crippen molar-refractivity contribution >= 4 is 17.7 Å². The average Bonchev–Trinajstić information content (AvgIpc) is 2.36. The van der Waals surface area contributed by atoms with Crippen molar-refractivity contribution in [3.05, 3.63) is 35.9 Å². The number of aliphatic carboxylic acids is 1. The molecular formula is C15H21NO3. The minimum Gasteiger partial charge on any atom is -0.478 e. The molecule has 0 bridgehead atoms. The largest absolute Gasteiger partial charge is 0.478 e. The molecule has 19 heavy (non-hydrogen) atoms. The Balaban J connectivity index is 2.73. The molecular weight excluding hydrogens is 242 g/mol. The van der Waals surface area contributed by atoms with E-state index in [0.29, 0.717) is 6.61 Å². The quantitative estimate of drug-likeness (QED) is 0.768. The van der Waals surface area contributed by atoms with Gasteiger partial charge in [0.1, 0.15) is 0 Å². The van der Waals surface area contributed by atoms with Crippen LogP contribution in [0.2, 0.25) is 0 Å². The number of carbonyl (C=O) groups is 1. The topological polar surface area (TPSA) is 49.8 Å². The smallest absolute Gasteiger partial charge is 0.328 e. The summed E-state index contributed by atoms with van der Waals surface area (Å²) in [5.41, 5.74) is 1.88. The van der Waals surface area contributed by atoms with E-state index in [2.05, 4.69) is 4.90 Å². The average molecular weight is 263 g/mol. The molecule has 0 aliphatic heterocycles. The van der Waals surface area contributed by atoms with E-state index in [-0.39, 0.29) is 6.10 Å². The second-order valence-corrected chi connectivity index (χ2v) is 4.57. The number of rotatable bonds is 7. The first kappa shape index (κ1) is 15.2. The lowest BCUT2D eigenvalue weighted by molar-refractivity contribution is -0.131. The molecule has 0 aromatic heterocycles. The van der Waals surface area contributed by atoms with E-state index < -0.39 is 5.97 Å². The number of anilines is 1. The molecule has 1 aromatic carbocycles. The van der Waals surface area contributed by atoms with Gasteiger partial charge >= 0.3 is 5.97 Å². The lowest BCUT2D eigenvalue weighted by Crippen LogP contribution is -2.24. The molecule has 4 heteroatoms. The highest BCUT2D eigenvalue weighted by Gasteiger charge is 2.05. The number of ether oxygens (including phenoxy) is 1. The fourth-order valence-electron chi connectivity index (χ4n) is 1.68. The maximum absolute atomic E-state index is 10.6. The van der Waals surface area contributed by atoms with Crippen molar-refractivity contribution in [1.29, 1.82) is 0 Å². The fourth-order valence-corrected chi connectivity index (χ4v) is 1.68. The molecule has 1 N–H and O–H groups in total. The molecule has 0 spiro atoms. The molecule has 0 atom stereocenters. The van der Waals surface area contributed by atoms with Gasteiger partial charge in [-0.25, -0.2) is 4.79 Å². The molecule has 0 aliphatic carbocycles. The highest BCUT2D eigenvalue weighted by atomic mass is 16.5. The van der Waals surface area contributed by atoms with Gasteiger partial charge in [-0.05, 0) is 31.6 Å². The molecule has 0 fully saturated rings. The Morgan fingerprint density at radius 2 is 2.11 bits per heavy atom. The van der Waals surface area contributed by atoms with E-state index in [4.69, 9.17) is 9.84 Å². The number of nitrogens with zero attached hydrogens (tertiary/aromatic N) is 1. The van der Waals surface area contributed by atoms with E-state index >= 15 is 0 Å². The zero-order valence-electron chi connectivity index (χ0n) is 11.7. The number of para-hydroxylation sites is 1. The molecule has 1 rings (SSSR count). The Morgan fingerprint density at radius 1 is 1.42 bits per heavy atom. The predicted octanol–water partition coefficient (Wildman–Crippen LogP) is 2.65. The maximum Gasteiger partial charge on any atom is 0.328 e. The van der Waals surface area contributed by atoms with Gasteiger partial charge in [0, 0.05) is 25.4 Å². The molecule has 4 nitrogen and oxygen atoms in total. The first-order valence-electron chi connectivity index (χ1n) is 6.33. The third-order valence-electron chi connectivity index (χ3n) is 2.63. The van der Waals surface area contributed by atoms with Crippen molar-refractivity contribution in [3.8, 4) is 0 Å². The molecule has 104 valence electrons. The first-order chi connectivity index (χ1) is 9.00. The van der Waals surface area contributed by atoms with E-state index in [1.54, 1.807) is 6.08 Å². The minimum atomic E-state index is -0.944. The second kappa shape index (κ2) is 7.59. The number of benzene rings is 1. The Labute approximate surface area is 114 Å². The summed E-state index contributed by atoms with van der Waals surface area (Å²) in [5, 5.41) is 8.69. The summed E-state index contributed by atoms with van der Waals surface area (Å²) in [4.78, 5) is 12.6. The number of carboxylic acid groups (broad SMARTS) is 1. The van der Waals surface area contributed by atoms with E-state index in [9.17, 15) is 4.79 Å². The number of hydrogen-bond acceptors (Lipinski definition) is 3. The van der Waals surface area contributed by atoms with Crippen molar-refractivity contribution < 1.29 is 14.6 Å². The predicted molar refractivity (Wildman–Crippen MR) is 77.5 cm³/mol. The van der Waals surface area contributed by atoms with Crippen LogP contribution in [0.3, 0.4) is 0 Å². The van der Waals surface area contributed by atoms with Crippen LogP contribution in [0.4, 0.5) is 5.69 Å². The van der Waals surface area contributed by atoms with E-state index in [1.165, 1.54) is 0 Å². The Morgan fingerprint density at radius 3 is 2.74 bits per heavy atom. The summed E-state index contributed by atoms with van der Waals surface area (Å²) >= 11 is 0. The number of hydrogen-bond donors (Lipinski definition) is 1. The van der Waals surface area contributed by atoms with Crippen LogP contribution in [0.25, 0.3) is 6.08 Å². The van der Waals surface area contributed by atoms with Crippen LogP contribution in [0.5, 0.6) is 0 Å². The van der Waals surface area contributed by atoms with Gasteiger partial charge < -0.3 is 14.7 Å². The van der Waals surface area contributed by atoms with Crippen LogP contribution < -0.4 is 4.90 Å². The summed E-state index contributed by atoms with van der Waals surface area (Å²) in [6, 6.07) is 7.70. The van der Waals surface area contributed by atoms with Crippen LogP contribution in [-0.4, -0.2) is 37.4 Å². The molecule has 0 saturated heterocycles. The van der Waals surface area contributed by atoms with Gasteiger partial charge in [-0.1, -0.05) is 18.2 Å². The lowest BCUT2D eigenvalue weighted by Gasteiger charge is -2.22. The third-order valence-corrected chi connectivity index (χ3v) is 2.63. The summed E-state index contributed by atoms with van der Waals surface area (Å²) < 4.78 is 5.52. The Hall–Kier alpha value is -1.81. The molecule has 0 saturated carbocycles. The van der Waals surface area contributed by atoms with Crippen molar-refractivity contribution in [2.45, 2.75) is 20.0 Å². The standard InChI is InChI=1S/C15H21NO3/c1-12(2)19-11-10-16(3)14-7-5-4-6-13(14)8-9-15(17)18/h4-9,12H,10-11H2,1-3H3,(H,17,18)/b9-8+. The minimum absolute atomic E-state index is 0.218. The third kappa shape index (κ3) is 5.57. The van der Waals surface area contributed by atoms with Gasteiger partial charge in [0.15, 0.2) is 0 Å². The van der Waals surface area contributed by atoms with E-state index in [0.717, 1.165) is 23.9 Å². The van der Waals surface area contributed by atoms with Crippen LogP contribution in [-0.2, 0) is 9.53 Å². The van der Waals surface area contributed by atoms with Crippen LogP contribution in [0.15, 0.2) is 30.3 Å². The van der Waals surface area contributed by atoms with Crippen LogP contribution in [0, 0.1) is 0 Å². The normalized spacial score (nSPS) is 11.2. The van der Waals surface area contributed by atoms with Crippen molar-refractivity contribution in [3.63, 3.8) is 0 Å². The summed E-state index contributed by atoms with van der Waals surface area (Å²) in [7, 11) is 1.97. The molecule has 0 radical (unpaired) electrons. The van der Waals surface area contributed by atoms with Crippen molar-refractivity contribution in [1.82, 2.24) is 0 Å². The molecule has 0 unspecified atom stereocenters. The van der Waals surface area contributed by atoms with Crippen LogP contribution in [0.1, 0.15) is 19.4 Å². The molecule has 0 aliphatic rings. The summed E-state index contributed by atoms with van der Waals surface area (Å²) in [5.74, 6) is -0.944. The molecule has 0 heterocycles. The number of likely N-dealkylation sites (N-methyl/N-ethyl adjacent to an activating group) is 1. The highest BCUT2D eigenvalue weighted by Crippen LogP contribution is 2.20. The highest BCUT2D eigenvalue weighted by molar-refractivity contribution is 5.86. The SMILES string of the molecule is CC(C)OCCN(C)c1ccccc1/C=C/C(=O)O. The zero-order valence-corrected chi connectivity index (χ0v) is 11.7. The van der Waals surface area contributed by atoms with E-state index in [1.807, 2.05) is 45.2 Å². The van der Waals surface area contributed by atoms with Gasteiger partial charge in [-0.2, -0.15) is 0 Å². The van der Waals surface area contributed by atoms with Gasteiger partial charge in [0.25, 0.3) is 0 Å². The van der Waals surface area contributed by atoms with Gasteiger partial charge in [-0.15, -0.1) is 0 Å². The van der Waals surface area contributed by atoms with Crippen molar-refractivity contribution in [2.24, 2.45) is 0 Å². The first-order valence-corrected chi connectivity index (χ1v) is 6.33. The van der Waals surface area contributed by atoms with Crippen LogP contribution >= 0.6 is 0 Å². The summed E-state index contributed by atoms with van der Waals surface area (Å²) in [6.45, 7) is 5.41. The molecule has 0 amide bonds. The second-order valence-electron chi connectivity index (χ2n) is 4.57. The Bertz CT molecular complexity index is 441. The van der Waals surface area contributed by atoms with Gasteiger partial charge in [0.05, 0.1) is 12.7 Å². The maximum atomic E-state index is 10.6.